The molecule has 0 saturated carbocycles. The molecule has 0 bridgehead atoms. The highest BCUT2D eigenvalue weighted by Gasteiger charge is 2.49. The van der Waals surface area contributed by atoms with E-state index in [9.17, 15) is 4.79 Å². The molecule has 1 fully saturated rings. The Kier molecular flexibility index (Phi) is 4.44. The molecule has 3 aliphatic heterocycles. The van der Waals surface area contributed by atoms with Gasteiger partial charge >= 0.3 is 5.97 Å². The molecular formula is C19H25NO7. The molecule has 1 aromatic rings. The molecule has 0 unspecified atom stereocenters. The van der Waals surface area contributed by atoms with E-state index in [1.165, 1.54) is 0 Å². The second-order valence-electron chi connectivity index (χ2n) is 7.26. The van der Waals surface area contributed by atoms with Crippen molar-refractivity contribution in [2.24, 2.45) is 0 Å². The number of hydrogen-bond acceptors (Lipinski definition) is 8. The van der Waals surface area contributed by atoms with Crippen LogP contribution in [-0.4, -0.2) is 44.9 Å². The number of fused-ring (bicyclic) bond motifs is 5. The lowest BCUT2D eigenvalue weighted by Gasteiger charge is -2.46. The molecule has 3 aliphatic rings. The first-order valence-corrected chi connectivity index (χ1v) is 9.12. The molecule has 0 radical (unpaired) electrons. The number of hydrogen-bond donors (Lipinski definition) is 1. The smallest absolute Gasteiger partial charge is 0.327 e. The first-order chi connectivity index (χ1) is 12.9. The average Bonchev–Trinajstić information content (AvgIpc) is 3.11. The highest BCUT2D eigenvalue weighted by molar-refractivity contribution is 5.82. The van der Waals surface area contributed by atoms with Gasteiger partial charge in [0, 0.05) is 16.7 Å². The van der Waals surface area contributed by atoms with Crippen molar-refractivity contribution in [2.75, 3.05) is 27.1 Å². The lowest BCUT2D eigenvalue weighted by Crippen LogP contribution is -2.55. The lowest BCUT2D eigenvalue weighted by atomic mass is 9.84. The van der Waals surface area contributed by atoms with Crippen LogP contribution in [0.4, 0.5) is 0 Å². The zero-order valence-corrected chi connectivity index (χ0v) is 16.2. The van der Waals surface area contributed by atoms with E-state index in [1.807, 2.05) is 20.8 Å². The highest BCUT2D eigenvalue weighted by atomic mass is 16.7. The zero-order chi connectivity index (χ0) is 19.3. The fourth-order valence-electron chi connectivity index (χ4n) is 4.04. The van der Waals surface area contributed by atoms with E-state index in [0.29, 0.717) is 29.4 Å². The van der Waals surface area contributed by atoms with Crippen LogP contribution in [0.15, 0.2) is 0 Å². The van der Waals surface area contributed by atoms with E-state index >= 15 is 0 Å². The van der Waals surface area contributed by atoms with Gasteiger partial charge in [-0.2, -0.15) is 0 Å². The second kappa shape index (κ2) is 6.54. The largest absolute Gasteiger partial charge is 0.496 e. The molecule has 148 valence electrons. The summed E-state index contributed by atoms with van der Waals surface area (Å²) in [5, 5.41) is 3.32. The maximum Gasteiger partial charge on any atom is 0.327 e. The Bertz CT molecular complexity index is 776. The number of methoxy groups -OCH3 is 1. The summed E-state index contributed by atoms with van der Waals surface area (Å²) < 4.78 is 34.5. The number of carbonyl (C=O) groups excluding carboxylic acids is 1. The Balaban J connectivity index is 1.94. The quantitative estimate of drug-likeness (QED) is 0.800. The number of carbonyl (C=O) groups is 1. The second-order valence-corrected chi connectivity index (χ2v) is 7.26. The molecule has 27 heavy (non-hydrogen) atoms. The number of ether oxygens (including phenoxy) is 6. The molecule has 1 N–H and O–H groups in total. The lowest BCUT2D eigenvalue weighted by molar-refractivity contribution is -0.288. The van der Waals surface area contributed by atoms with E-state index < -0.39 is 11.8 Å². The topological polar surface area (TPSA) is 84.5 Å². The Hall–Kier alpha value is -2.03. The van der Waals surface area contributed by atoms with E-state index in [0.717, 1.165) is 11.1 Å². The first kappa shape index (κ1) is 18.3. The predicted octanol–water partition coefficient (Wildman–Crippen LogP) is 2.13. The number of benzene rings is 1. The van der Waals surface area contributed by atoms with Gasteiger partial charge in [-0.25, -0.2) is 4.79 Å². The monoisotopic (exact) mass is 379 g/mol. The van der Waals surface area contributed by atoms with E-state index in [2.05, 4.69) is 5.32 Å². The predicted molar refractivity (Wildman–Crippen MR) is 94.0 cm³/mol. The Morgan fingerprint density at radius 1 is 1.26 bits per heavy atom. The summed E-state index contributed by atoms with van der Waals surface area (Å²) in [7, 11) is 1.60. The molecule has 0 spiro atoms. The van der Waals surface area contributed by atoms with Crippen LogP contribution in [0.25, 0.3) is 0 Å². The third kappa shape index (κ3) is 2.83. The molecule has 8 nitrogen and oxygen atoms in total. The Morgan fingerprint density at radius 3 is 2.70 bits per heavy atom. The minimum atomic E-state index is -0.758. The fourth-order valence-corrected chi connectivity index (χ4v) is 4.04. The van der Waals surface area contributed by atoms with Gasteiger partial charge in [0.25, 0.3) is 0 Å². The van der Waals surface area contributed by atoms with Gasteiger partial charge in [-0.1, -0.05) is 0 Å². The third-order valence-electron chi connectivity index (χ3n) is 5.14. The fraction of sp³-hybridized carbons (Fsp3) is 0.632. The van der Waals surface area contributed by atoms with Crippen LogP contribution >= 0.6 is 0 Å². The van der Waals surface area contributed by atoms with E-state index in [4.69, 9.17) is 28.4 Å². The Labute approximate surface area is 158 Å². The van der Waals surface area contributed by atoms with Gasteiger partial charge in [0.1, 0.15) is 17.9 Å². The minimum absolute atomic E-state index is 0.0921. The highest BCUT2D eigenvalue weighted by Crippen LogP contribution is 2.55. The van der Waals surface area contributed by atoms with Crippen molar-refractivity contribution in [3.63, 3.8) is 0 Å². The molecule has 3 atom stereocenters. The Morgan fingerprint density at radius 2 is 2.00 bits per heavy atom. The van der Waals surface area contributed by atoms with E-state index in [-0.39, 0.29) is 31.5 Å². The third-order valence-corrected chi connectivity index (χ3v) is 5.14. The summed E-state index contributed by atoms with van der Waals surface area (Å²) in [4.78, 5) is 12.7. The summed E-state index contributed by atoms with van der Waals surface area (Å²) in [6.07, 6.45) is -0.363. The molecule has 0 aliphatic carbocycles. The molecule has 1 saturated heterocycles. The van der Waals surface area contributed by atoms with Crippen LogP contribution < -0.4 is 19.5 Å². The molecule has 3 heterocycles. The van der Waals surface area contributed by atoms with Crippen molar-refractivity contribution in [3.8, 4) is 17.2 Å². The van der Waals surface area contributed by atoms with Crippen molar-refractivity contribution in [1.82, 2.24) is 5.32 Å². The van der Waals surface area contributed by atoms with Gasteiger partial charge in [-0.05, 0) is 27.7 Å². The maximum absolute atomic E-state index is 12.7. The number of nitrogens with one attached hydrogen (secondary N) is 1. The summed E-state index contributed by atoms with van der Waals surface area (Å²) in [6.45, 7) is 8.19. The van der Waals surface area contributed by atoms with Crippen molar-refractivity contribution in [3.05, 3.63) is 16.7 Å². The van der Waals surface area contributed by atoms with Crippen LogP contribution in [0.1, 0.15) is 49.6 Å². The zero-order valence-electron chi connectivity index (χ0n) is 16.2. The molecular weight excluding hydrogens is 354 g/mol. The van der Waals surface area contributed by atoms with Crippen molar-refractivity contribution in [2.45, 2.75) is 51.7 Å². The van der Waals surface area contributed by atoms with E-state index in [1.54, 1.807) is 14.0 Å². The molecule has 8 heteroatoms. The van der Waals surface area contributed by atoms with Crippen molar-refractivity contribution < 1.29 is 33.2 Å². The maximum atomic E-state index is 12.7. The standard InChI is InChI=1S/C19H25NO7/c1-6-23-18(21)13-11-12(16-10(20-13)7-26-19(3,4)27-16)14(22-5)9(2)15-17(11)25-8-24-15/h10,13,16,20H,6-8H2,1-5H3/t10-,13-,16-/m1/s1. The first-order valence-electron chi connectivity index (χ1n) is 9.12. The van der Waals surface area contributed by atoms with Crippen LogP contribution in [0.3, 0.4) is 0 Å². The van der Waals surface area contributed by atoms with Crippen LogP contribution in [0, 0.1) is 6.92 Å². The summed E-state index contributed by atoms with van der Waals surface area (Å²) in [5.41, 5.74) is 2.26. The summed E-state index contributed by atoms with van der Waals surface area (Å²) >= 11 is 0. The van der Waals surface area contributed by atoms with Gasteiger partial charge < -0.3 is 28.4 Å². The normalized spacial score (nSPS) is 27.5. The van der Waals surface area contributed by atoms with Crippen LogP contribution in [0.5, 0.6) is 17.2 Å². The van der Waals surface area contributed by atoms with Crippen LogP contribution in [-0.2, 0) is 19.0 Å². The minimum Gasteiger partial charge on any atom is -0.496 e. The van der Waals surface area contributed by atoms with Gasteiger partial charge in [0.15, 0.2) is 17.3 Å². The van der Waals surface area contributed by atoms with Crippen LogP contribution in [0.2, 0.25) is 0 Å². The SMILES string of the molecule is CCOC(=O)[C@@H]1N[C@@H]2COC(C)(C)O[C@H]2c2c(OC)c(C)c3c(c21)OCO3. The van der Waals surface area contributed by atoms with Gasteiger partial charge in [-0.15, -0.1) is 0 Å². The molecule has 0 aromatic heterocycles. The number of esters is 1. The number of rotatable bonds is 3. The molecule has 4 rings (SSSR count). The van der Waals surface area contributed by atoms with Gasteiger partial charge in [-0.3, -0.25) is 5.32 Å². The summed E-state index contributed by atoms with van der Waals surface area (Å²) in [5.74, 6) is 0.627. The molecule has 1 aromatic carbocycles. The van der Waals surface area contributed by atoms with Crippen molar-refractivity contribution >= 4 is 5.97 Å². The summed E-state index contributed by atoms with van der Waals surface area (Å²) in [6, 6.07) is -0.951. The van der Waals surface area contributed by atoms with Crippen molar-refractivity contribution in [1.29, 1.82) is 0 Å². The van der Waals surface area contributed by atoms with Gasteiger partial charge in [0.2, 0.25) is 6.79 Å². The molecule has 0 amide bonds. The average molecular weight is 379 g/mol. The van der Waals surface area contributed by atoms with Gasteiger partial charge in [0.05, 0.1) is 26.4 Å².